The van der Waals surface area contributed by atoms with Crippen LogP contribution in [0.1, 0.15) is 0 Å². The maximum absolute atomic E-state index is 13.0. The van der Waals surface area contributed by atoms with Gasteiger partial charge in [0.15, 0.2) is 6.61 Å². The summed E-state index contributed by atoms with van der Waals surface area (Å²) in [5.74, 6) is -0.194. The van der Waals surface area contributed by atoms with E-state index in [1.807, 2.05) is 0 Å². The van der Waals surface area contributed by atoms with E-state index in [-0.39, 0.29) is 25.0 Å². The number of methoxy groups -OCH3 is 1. The number of carbonyl (C=O) groups is 2. The van der Waals surface area contributed by atoms with Crippen molar-refractivity contribution >= 4 is 33.4 Å². The van der Waals surface area contributed by atoms with E-state index >= 15 is 0 Å². The molecule has 2 aromatic rings. The molecule has 2 rings (SSSR count). The molecular formula is C18H18BrFN2O4. The third-order valence-corrected chi connectivity index (χ3v) is 4.02. The Morgan fingerprint density at radius 2 is 2.00 bits per heavy atom. The van der Waals surface area contributed by atoms with Crippen molar-refractivity contribution < 1.29 is 23.5 Å². The number of carbonyl (C=O) groups excluding carboxylic acids is 2. The minimum Gasteiger partial charge on any atom is -0.497 e. The number of anilines is 1. The zero-order chi connectivity index (χ0) is 19.1. The van der Waals surface area contributed by atoms with Crippen LogP contribution in [0.5, 0.6) is 11.5 Å². The fourth-order valence-corrected chi connectivity index (χ4v) is 2.51. The summed E-state index contributed by atoms with van der Waals surface area (Å²) in [7, 11) is 3.03. The Hall–Kier alpha value is -2.61. The van der Waals surface area contributed by atoms with Crippen LogP contribution >= 0.6 is 15.9 Å². The highest BCUT2D eigenvalue weighted by molar-refractivity contribution is 9.10. The summed E-state index contributed by atoms with van der Waals surface area (Å²) in [5, 5.41) is 2.69. The molecule has 0 saturated heterocycles. The van der Waals surface area contributed by atoms with Crippen LogP contribution in [-0.2, 0) is 9.59 Å². The average molecular weight is 425 g/mol. The second-order valence-electron chi connectivity index (χ2n) is 5.39. The van der Waals surface area contributed by atoms with E-state index < -0.39 is 5.82 Å². The number of rotatable bonds is 7. The molecule has 2 aromatic carbocycles. The van der Waals surface area contributed by atoms with Gasteiger partial charge < -0.3 is 19.7 Å². The van der Waals surface area contributed by atoms with Crippen molar-refractivity contribution in [1.82, 2.24) is 4.90 Å². The van der Waals surface area contributed by atoms with Crippen molar-refractivity contribution in [3.8, 4) is 11.5 Å². The highest BCUT2D eigenvalue weighted by Crippen LogP contribution is 2.25. The van der Waals surface area contributed by atoms with Gasteiger partial charge in [0.1, 0.15) is 17.3 Å². The molecule has 0 fully saturated rings. The first-order valence-electron chi connectivity index (χ1n) is 7.64. The molecule has 0 saturated carbocycles. The van der Waals surface area contributed by atoms with Crippen molar-refractivity contribution in [2.24, 2.45) is 0 Å². The van der Waals surface area contributed by atoms with Crippen LogP contribution in [-0.4, -0.2) is 44.0 Å². The van der Waals surface area contributed by atoms with Gasteiger partial charge in [0.05, 0.1) is 18.1 Å². The number of likely N-dealkylation sites (N-methyl/N-ethyl adjacent to an activating group) is 1. The zero-order valence-corrected chi connectivity index (χ0v) is 15.9. The molecule has 0 aliphatic heterocycles. The van der Waals surface area contributed by atoms with Gasteiger partial charge in [-0.25, -0.2) is 4.39 Å². The highest BCUT2D eigenvalue weighted by atomic mass is 79.9. The standard InChI is InChI=1S/C18H18BrFN2O4/c1-22(10-17(23)21-13-4-3-5-14(9-13)25-2)18(24)11-26-16-7-6-12(20)8-15(16)19/h3-9H,10-11H2,1-2H3,(H,21,23). The molecule has 0 aromatic heterocycles. The lowest BCUT2D eigenvalue weighted by molar-refractivity contribution is -0.135. The lowest BCUT2D eigenvalue weighted by atomic mass is 10.3. The summed E-state index contributed by atoms with van der Waals surface area (Å²) in [6.07, 6.45) is 0. The maximum atomic E-state index is 13.0. The summed E-state index contributed by atoms with van der Waals surface area (Å²) >= 11 is 3.16. The predicted molar refractivity (Wildman–Crippen MR) is 98.9 cm³/mol. The van der Waals surface area contributed by atoms with Crippen LogP contribution < -0.4 is 14.8 Å². The van der Waals surface area contributed by atoms with E-state index in [1.165, 1.54) is 37.3 Å². The normalized spacial score (nSPS) is 10.2. The maximum Gasteiger partial charge on any atom is 0.260 e. The SMILES string of the molecule is COc1cccc(NC(=O)CN(C)C(=O)COc2ccc(F)cc2Br)c1. The van der Waals surface area contributed by atoms with E-state index in [0.717, 1.165) is 0 Å². The van der Waals surface area contributed by atoms with Crippen molar-refractivity contribution in [3.63, 3.8) is 0 Å². The molecule has 0 aliphatic carbocycles. The Morgan fingerprint density at radius 3 is 2.69 bits per heavy atom. The topological polar surface area (TPSA) is 67.9 Å². The third-order valence-electron chi connectivity index (χ3n) is 3.41. The van der Waals surface area contributed by atoms with Crippen LogP contribution in [0.4, 0.5) is 10.1 Å². The van der Waals surface area contributed by atoms with Gasteiger partial charge in [-0.2, -0.15) is 0 Å². The van der Waals surface area contributed by atoms with Gasteiger partial charge in [-0.15, -0.1) is 0 Å². The second kappa shape index (κ2) is 9.19. The zero-order valence-electron chi connectivity index (χ0n) is 14.3. The molecule has 0 atom stereocenters. The Bertz CT molecular complexity index is 801. The van der Waals surface area contributed by atoms with E-state index in [9.17, 15) is 14.0 Å². The van der Waals surface area contributed by atoms with Crippen LogP contribution in [0, 0.1) is 5.82 Å². The van der Waals surface area contributed by atoms with Crippen LogP contribution in [0.3, 0.4) is 0 Å². The molecular weight excluding hydrogens is 407 g/mol. The minimum atomic E-state index is -0.415. The fraction of sp³-hybridized carbons (Fsp3) is 0.222. The van der Waals surface area contributed by atoms with Crippen LogP contribution in [0.15, 0.2) is 46.9 Å². The lowest BCUT2D eigenvalue weighted by Gasteiger charge is -2.17. The lowest BCUT2D eigenvalue weighted by Crippen LogP contribution is -2.37. The molecule has 0 radical (unpaired) electrons. The van der Waals surface area contributed by atoms with Gasteiger partial charge in [0.2, 0.25) is 5.91 Å². The first-order valence-corrected chi connectivity index (χ1v) is 8.44. The molecule has 6 nitrogen and oxygen atoms in total. The van der Waals surface area contributed by atoms with E-state index in [4.69, 9.17) is 9.47 Å². The third kappa shape index (κ3) is 5.73. The van der Waals surface area contributed by atoms with Crippen LogP contribution in [0.2, 0.25) is 0 Å². The Kier molecular flexibility index (Phi) is 6.97. The van der Waals surface area contributed by atoms with Crippen molar-refractivity contribution in [3.05, 3.63) is 52.8 Å². The van der Waals surface area contributed by atoms with Crippen molar-refractivity contribution in [1.29, 1.82) is 0 Å². The number of halogens is 2. The summed E-state index contributed by atoms with van der Waals surface area (Å²) in [6.45, 7) is -0.406. The number of ether oxygens (including phenoxy) is 2. The van der Waals surface area contributed by atoms with E-state index in [1.54, 1.807) is 24.3 Å². The first-order chi connectivity index (χ1) is 12.4. The summed E-state index contributed by atoms with van der Waals surface area (Å²) in [5.41, 5.74) is 0.571. The van der Waals surface area contributed by atoms with Crippen molar-refractivity contribution in [2.75, 3.05) is 32.6 Å². The van der Waals surface area contributed by atoms with Gasteiger partial charge in [-0.3, -0.25) is 9.59 Å². The largest absolute Gasteiger partial charge is 0.497 e. The summed E-state index contributed by atoms with van der Waals surface area (Å²) < 4.78 is 23.9. The Labute approximate surface area is 159 Å². The van der Waals surface area contributed by atoms with Gasteiger partial charge in [0.25, 0.3) is 5.91 Å². The quantitative estimate of drug-likeness (QED) is 0.741. The number of nitrogens with one attached hydrogen (secondary N) is 1. The van der Waals surface area contributed by atoms with Gasteiger partial charge >= 0.3 is 0 Å². The molecule has 2 amide bonds. The molecule has 0 spiro atoms. The molecule has 0 aliphatic rings. The Morgan fingerprint density at radius 1 is 1.23 bits per heavy atom. The molecule has 138 valence electrons. The van der Waals surface area contributed by atoms with E-state index in [2.05, 4.69) is 21.2 Å². The second-order valence-corrected chi connectivity index (χ2v) is 6.25. The number of nitrogens with zero attached hydrogens (tertiary/aromatic N) is 1. The first kappa shape index (κ1) is 19.7. The minimum absolute atomic E-state index is 0.135. The Balaban J connectivity index is 1.84. The predicted octanol–water partition coefficient (Wildman–Crippen LogP) is 3.07. The van der Waals surface area contributed by atoms with Crippen LogP contribution in [0.25, 0.3) is 0 Å². The summed E-state index contributed by atoms with van der Waals surface area (Å²) in [6, 6.07) is 10.8. The molecule has 0 unspecified atom stereocenters. The fourth-order valence-electron chi connectivity index (χ4n) is 2.05. The molecule has 0 bridgehead atoms. The van der Waals surface area contributed by atoms with Gasteiger partial charge in [-0.05, 0) is 46.3 Å². The average Bonchev–Trinajstić information content (AvgIpc) is 2.60. The molecule has 1 N–H and O–H groups in total. The highest BCUT2D eigenvalue weighted by Gasteiger charge is 2.15. The number of amides is 2. The van der Waals surface area contributed by atoms with Gasteiger partial charge in [-0.1, -0.05) is 6.07 Å². The molecule has 26 heavy (non-hydrogen) atoms. The number of hydrogen-bond donors (Lipinski definition) is 1. The van der Waals surface area contributed by atoms with Crippen molar-refractivity contribution in [2.45, 2.75) is 0 Å². The smallest absolute Gasteiger partial charge is 0.260 e. The number of benzene rings is 2. The number of hydrogen-bond acceptors (Lipinski definition) is 4. The molecule has 0 heterocycles. The monoisotopic (exact) mass is 424 g/mol. The van der Waals surface area contributed by atoms with Gasteiger partial charge in [0, 0.05) is 18.8 Å². The molecule has 8 heteroatoms. The van der Waals surface area contributed by atoms with E-state index in [0.29, 0.717) is 21.7 Å². The summed E-state index contributed by atoms with van der Waals surface area (Å²) in [4.78, 5) is 25.4.